The highest BCUT2D eigenvalue weighted by atomic mass is 16.3. The lowest BCUT2D eigenvalue weighted by atomic mass is 9.95. The van der Waals surface area contributed by atoms with Gasteiger partial charge in [-0.25, -0.2) is 0 Å². The van der Waals surface area contributed by atoms with Crippen molar-refractivity contribution in [2.24, 2.45) is 0 Å². The Bertz CT molecular complexity index is 3580. The topological polar surface area (TPSA) is 21.3 Å². The smallest absolute Gasteiger partial charge is 0.143 e. The number of rotatable bonds is 7. The van der Waals surface area contributed by atoms with E-state index in [1.54, 1.807) is 0 Å². The maximum atomic E-state index is 6.56. The van der Waals surface area contributed by atoms with Crippen molar-refractivity contribution in [2.45, 2.75) is 0 Å². The average molecular weight is 779 g/mol. The number of nitrogens with zero attached hydrogens (tertiary/aromatic N) is 2. The molecule has 0 fully saturated rings. The number of hydrogen-bond donors (Lipinski definition) is 0. The van der Waals surface area contributed by atoms with Crippen LogP contribution in [0.15, 0.2) is 235 Å². The number of fused-ring (bicyclic) bond motifs is 7. The predicted octanol–water partition coefficient (Wildman–Crippen LogP) is 16.3. The van der Waals surface area contributed by atoms with Gasteiger partial charge in [0.05, 0.1) is 22.4 Å². The Hall–Kier alpha value is -8.14. The van der Waals surface area contributed by atoms with Crippen molar-refractivity contribution in [1.82, 2.24) is 4.57 Å². The second-order valence-electron chi connectivity index (χ2n) is 15.7. The lowest BCUT2D eigenvalue weighted by Crippen LogP contribution is -2.11. The molecule has 3 heteroatoms. The highest BCUT2D eigenvalue weighted by Gasteiger charge is 2.23. The standard InChI is InChI=1S/C58H38N2O/c1-4-17-39(18-5-1)46-34-31-41-21-10-11-24-45(41)57(46)60-53-29-14-12-25-48(53)49-35-33-44(38-55(49)60)59(43-22-8-3-9-23-43)54-36-32-42(37-52(54)40-19-6-2-7-20-40)47-27-16-28-51-50-26-13-15-30-56(50)61-58(47)51/h1-38H. The third-order valence-electron chi connectivity index (χ3n) is 12.2. The zero-order valence-corrected chi connectivity index (χ0v) is 33.2. The molecule has 0 saturated carbocycles. The first-order valence-corrected chi connectivity index (χ1v) is 20.8. The van der Waals surface area contributed by atoms with E-state index in [9.17, 15) is 0 Å². The minimum absolute atomic E-state index is 0.896. The number of hydrogen-bond acceptors (Lipinski definition) is 2. The quantitative estimate of drug-likeness (QED) is 0.161. The highest BCUT2D eigenvalue weighted by molar-refractivity contribution is 6.13. The molecule has 2 heterocycles. The Labute approximate surface area is 353 Å². The molecular weight excluding hydrogens is 741 g/mol. The summed E-state index contributed by atoms with van der Waals surface area (Å²) >= 11 is 0. The van der Waals surface area contributed by atoms with E-state index in [1.165, 1.54) is 43.9 Å². The predicted molar refractivity (Wildman–Crippen MR) is 257 cm³/mol. The van der Waals surface area contributed by atoms with Crippen molar-refractivity contribution in [3.05, 3.63) is 231 Å². The second-order valence-corrected chi connectivity index (χ2v) is 15.7. The zero-order chi connectivity index (χ0) is 40.3. The van der Waals surface area contributed by atoms with E-state index >= 15 is 0 Å². The van der Waals surface area contributed by atoms with Crippen LogP contribution in [0, 0.1) is 0 Å². The van der Waals surface area contributed by atoms with Gasteiger partial charge < -0.3 is 13.9 Å². The zero-order valence-electron chi connectivity index (χ0n) is 33.2. The van der Waals surface area contributed by atoms with Crippen LogP contribution in [-0.2, 0) is 0 Å². The van der Waals surface area contributed by atoms with E-state index in [0.717, 1.165) is 66.8 Å². The Morgan fingerprint density at radius 3 is 1.79 bits per heavy atom. The van der Waals surface area contributed by atoms with Crippen LogP contribution < -0.4 is 4.90 Å². The third kappa shape index (κ3) is 5.74. The van der Waals surface area contributed by atoms with Gasteiger partial charge in [0, 0.05) is 55.0 Å². The molecule has 0 N–H and O–H groups in total. The second kappa shape index (κ2) is 14.3. The first kappa shape index (κ1) is 34.9. The van der Waals surface area contributed by atoms with Crippen LogP contribution in [0.4, 0.5) is 17.1 Å². The molecule has 0 amide bonds. The van der Waals surface area contributed by atoms with Crippen LogP contribution in [-0.4, -0.2) is 4.57 Å². The maximum Gasteiger partial charge on any atom is 0.143 e. The van der Waals surface area contributed by atoms with Crippen molar-refractivity contribution >= 4 is 71.6 Å². The van der Waals surface area contributed by atoms with Crippen molar-refractivity contribution < 1.29 is 4.42 Å². The van der Waals surface area contributed by atoms with Crippen molar-refractivity contribution in [2.75, 3.05) is 4.90 Å². The van der Waals surface area contributed by atoms with E-state index in [2.05, 4.69) is 228 Å². The Morgan fingerprint density at radius 1 is 0.344 bits per heavy atom. The van der Waals surface area contributed by atoms with E-state index in [0.29, 0.717) is 0 Å². The van der Waals surface area contributed by atoms with Crippen LogP contribution in [0.25, 0.3) is 93.6 Å². The molecule has 0 spiro atoms. The van der Waals surface area contributed by atoms with Gasteiger partial charge >= 0.3 is 0 Å². The molecule has 0 radical (unpaired) electrons. The van der Waals surface area contributed by atoms with E-state index in [4.69, 9.17) is 4.42 Å². The molecule has 0 aliphatic heterocycles. The normalized spacial score (nSPS) is 11.6. The minimum Gasteiger partial charge on any atom is -0.455 e. The van der Waals surface area contributed by atoms with Crippen LogP contribution in [0.5, 0.6) is 0 Å². The van der Waals surface area contributed by atoms with Crippen molar-refractivity contribution in [1.29, 1.82) is 0 Å². The monoisotopic (exact) mass is 778 g/mol. The molecule has 3 nitrogen and oxygen atoms in total. The van der Waals surface area contributed by atoms with Gasteiger partial charge in [0.1, 0.15) is 11.2 Å². The molecule has 0 unspecified atom stereocenters. The van der Waals surface area contributed by atoms with Crippen molar-refractivity contribution in [3.63, 3.8) is 0 Å². The van der Waals surface area contributed by atoms with Gasteiger partial charge in [-0.1, -0.05) is 182 Å². The molecular formula is C58H38N2O. The number of aromatic nitrogens is 1. The number of furan rings is 1. The van der Waals surface area contributed by atoms with Crippen LogP contribution >= 0.6 is 0 Å². The fraction of sp³-hybridized carbons (Fsp3) is 0. The number of benzene rings is 10. The van der Waals surface area contributed by atoms with Gasteiger partial charge in [-0.3, -0.25) is 0 Å². The van der Waals surface area contributed by atoms with Gasteiger partial charge in [-0.05, 0) is 70.6 Å². The fourth-order valence-electron chi connectivity index (χ4n) is 9.41. The summed E-state index contributed by atoms with van der Waals surface area (Å²) in [7, 11) is 0. The summed E-state index contributed by atoms with van der Waals surface area (Å²) in [6.45, 7) is 0. The third-order valence-corrected chi connectivity index (χ3v) is 12.2. The molecule has 286 valence electrons. The largest absolute Gasteiger partial charge is 0.455 e. The van der Waals surface area contributed by atoms with E-state index in [-0.39, 0.29) is 0 Å². The molecule has 0 saturated heterocycles. The molecule has 61 heavy (non-hydrogen) atoms. The maximum absolute atomic E-state index is 6.56. The highest BCUT2D eigenvalue weighted by Crippen LogP contribution is 2.47. The Balaban J connectivity index is 1.12. The molecule has 0 bridgehead atoms. The molecule has 12 aromatic rings. The summed E-state index contributed by atoms with van der Waals surface area (Å²) in [5, 5.41) is 7.08. The van der Waals surface area contributed by atoms with Crippen LogP contribution in [0.3, 0.4) is 0 Å². The minimum atomic E-state index is 0.896. The van der Waals surface area contributed by atoms with Gasteiger partial charge in [-0.2, -0.15) is 0 Å². The van der Waals surface area contributed by atoms with Crippen LogP contribution in [0.1, 0.15) is 0 Å². The lowest BCUT2D eigenvalue weighted by Gasteiger charge is -2.28. The summed E-state index contributed by atoms with van der Waals surface area (Å²) in [5.74, 6) is 0. The molecule has 10 aromatic carbocycles. The summed E-state index contributed by atoms with van der Waals surface area (Å²) in [6, 6.07) is 83.0. The van der Waals surface area contributed by atoms with Gasteiger partial charge in [0.2, 0.25) is 0 Å². The molecule has 0 atom stereocenters. The molecule has 0 aliphatic carbocycles. The SMILES string of the molecule is c1ccc(-c2cc(-c3cccc4c3oc3ccccc34)ccc2N(c2ccccc2)c2ccc3c4ccccc4n(-c4c(-c5ccccc5)ccc5ccccc45)c3c2)cc1. The summed E-state index contributed by atoms with van der Waals surface area (Å²) < 4.78 is 9.06. The molecule has 2 aromatic heterocycles. The first-order chi connectivity index (χ1) is 30.3. The first-order valence-electron chi connectivity index (χ1n) is 20.8. The fourth-order valence-corrected chi connectivity index (χ4v) is 9.41. The van der Waals surface area contributed by atoms with Crippen LogP contribution in [0.2, 0.25) is 0 Å². The number of para-hydroxylation sites is 4. The van der Waals surface area contributed by atoms with E-state index < -0.39 is 0 Å². The Morgan fingerprint density at radius 2 is 0.984 bits per heavy atom. The summed E-state index contributed by atoms with van der Waals surface area (Å²) in [5.41, 5.74) is 15.3. The van der Waals surface area contributed by atoms with E-state index in [1.807, 2.05) is 12.1 Å². The van der Waals surface area contributed by atoms with Gasteiger partial charge in [0.15, 0.2) is 0 Å². The van der Waals surface area contributed by atoms with Gasteiger partial charge in [0.25, 0.3) is 0 Å². The van der Waals surface area contributed by atoms with Crippen molar-refractivity contribution in [3.8, 4) is 39.1 Å². The van der Waals surface area contributed by atoms with Gasteiger partial charge in [-0.15, -0.1) is 0 Å². The molecule has 12 rings (SSSR count). The Kier molecular flexibility index (Phi) is 8.17. The molecule has 0 aliphatic rings. The lowest BCUT2D eigenvalue weighted by molar-refractivity contribution is 0.670. The number of anilines is 3. The average Bonchev–Trinajstić information content (AvgIpc) is 3.88. The summed E-state index contributed by atoms with van der Waals surface area (Å²) in [4.78, 5) is 2.41. The summed E-state index contributed by atoms with van der Waals surface area (Å²) in [6.07, 6.45) is 0.